The molecule has 2 N–H and O–H groups in total. The third kappa shape index (κ3) is 3.77. The second-order valence-electron chi connectivity index (χ2n) is 8.95. The summed E-state index contributed by atoms with van der Waals surface area (Å²) in [5.41, 5.74) is 10.2. The van der Waals surface area contributed by atoms with Gasteiger partial charge in [0, 0.05) is 32.5 Å². The zero-order valence-electron chi connectivity index (χ0n) is 18.7. The zero-order valence-corrected chi connectivity index (χ0v) is 21.0. The average Bonchev–Trinajstić information content (AvgIpc) is 3.17. The number of halogens is 1. The smallest absolute Gasteiger partial charge is 0.162 e. The molecule has 2 aromatic rings. The maximum Gasteiger partial charge on any atom is 0.162 e. The molecule has 32 heavy (non-hydrogen) atoms. The number of thiophene rings is 1. The number of ketones is 1. The summed E-state index contributed by atoms with van der Waals surface area (Å²) < 4.78 is 0. The third-order valence-electron chi connectivity index (χ3n) is 6.08. The first kappa shape index (κ1) is 23.0. The number of rotatable bonds is 4. The lowest BCUT2D eigenvalue weighted by molar-refractivity contribution is -0.118. The maximum atomic E-state index is 13.6. The van der Waals surface area contributed by atoms with Crippen LogP contribution in [0.1, 0.15) is 50.0 Å². The Morgan fingerprint density at radius 3 is 2.78 bits per heavy atom. The van der Waals surface area contributed by atoms with Crippen LogP contribution in [0.2, 0.25) is 5.02 Å². The van der Waals surface area contributed by atoms with E-state index in [-0.39, 0.29) is 11.2 Å². The second kappa shape index (κ2) is 8.62. The molecular weight excluding hydrogens is 458 g/mol. The number of Topliss-reactive ketones (excluding diaryl/α,β-unsaturated/α-hetero) is 1. The van der Waals surface area contributed by atoms with Crippen molar-refractivity contribution in [3.8, 4) is 6.07 Å². The van der Waals surface area contributed by atoms with Crippen molar-refractivity contribution in [1.82, 2.24) is 0 Å². The molecule has 1 aliphatic heterocycles. The zero-order chi connectivity index (χ0) is 23.2. The molecule has 0 fully saturated rings. The summed E-state index contributed by atoms with van der Waals surface area (Å²) in [5, 5.41) is 12.9. The molecule has 0 radical (unpaired) electrons. The summed E-state index contributed by atoms with van der Waals surface area (Å²) in [6.07, 6.45) is 1.14. The summed E-state index contributed by atoms with van der Waals surface area (Å²) >= 11 is 9.76. The lowest BCUT2D eigenvalue weighted by Crippen LogP contribution is -2.42. The minimum atomic E-state index is -0.427. The second-order valence-corrected chi connectivity index (χ2v) is 11.6. The van der Waals surface area contributed by atoms with Crippen LogP contribution in [0.5, 0.6) is 0 Å². The Morgan fingerprint density at radius 2 is 2.09 bits per heavy atom. The van der Waals surface area contributed by atoms with E-state index in [0.717, 1.165) is 32.5 Å². The van der Waals surface area contributed by atoms with E-state index in [9.17, 15) is 10.1 Å². The third-order valence-corrected chi connectivity index (χ3v) is 8.56. The lowest BCUT2D eigenvalue weighted by Gasteiger charge is -2.44. The summed E-state index contributed by atoms with van der Waals surface area (Å²) in [5.74, 6) is 0.960. The number of carbonyl (C=O) groups is 1. The summed E-state index contributed by atoms with van der Waals surface area (Å²) in [4.78, 5) is 17.7. The summed E-state index contributed by atoms with van der Waals surface area (Å²) in [6.45, 7) is 8.26. The SMILES string of the molecule is CCSc1ccsc1[C@H]1C(C#N)=C(N)N(c2cccc(Cl)c2C)C2=C1C(=O)CC(C)(C)C2. The van der Waals surface area contributed by atoms with Gasteiger partial charge in [-0.3, -0.25) is 9.69 Å². The average molecular weight is 484 g/mol. The van der Waals surface area contributed by atoms with Gasteiger partial charge in [0.25, 0.3) is 0 Å². The molecule has 7 heteroatoms. The molecule has 1 aliphatic carbocycles. The lowest BCUT2D eigenvalue weighted by atomic mass is 9.69. The Morgan fingerprint density at radius 1 is 1.34 bits per heavy atom. The van der Waals surface area contributed by atoms with Crippen molar-refractivity contribution >= 4 is 46.2 Å². The fraction of sp³-hybridized carbons (Fsp3) is 0.360. The Hall–Kier alpha value is -2.20. The molecule has 4 rings (SSSR count). The molecule has 0 amide bonds. The number of hydrogen-bond acceptors (Lipinski definition) is 6. The van der Waals surface area contributed by atoms with E-state index in [1.165, 1.54) is 0 Å². The van der Waals surface area contributed by atoms with Gasteiger partial charge in [0.2, 0.25) is 0 Å². The van der Waals surface area contributed by atoms with Crippen molar-refractivity contribution in [2.45, 2.75) is 51.3 Å². The predicted octanol–water partition coefficient (Wildman–Crippen LogP) is 6.76. The highest BCUT2D eigenvalue weighted by Crippen LogP contribution is 2.53. The van der Waals surface area contributed by atoms with Gasteiger partial charge < -0.3 is 5.73 Å². The van der Waals surface area contributed by atoms with Crippen LogP contribution in [0, 0.1) is 23.7 Å². The predicted molar refractivity (Wildman–Crippen MR) is 134 cm³/mol. The van der Waals surface area contributed by atoms with E-state index >= 15 is 0 Å². The number of benzene rings is 1. The van der Waals surface area contributed by atoms with Crippen LogP contribution in [-0.4, -0.2) is 11.5 Å². The van der Waals surface area contributed by atoms with Gasteiger partial charge in [-0.05, 0) is 53.7 Å². The Kier molecular flexibility index (Phi) is 6.19. The van der Waals surface area contributed by atoms with Gasteiger partial charge in [0.15, 0.2) is 5.78 Å². The van der Waals surface area contributed by atoms with Crippen LogP contribution in [0.4, 0.5) is 5.69 Å². The number of carbonyl (C=O) groups excluding carboxylic acids is 1. The quantitative estimate of drug-likeness (QED) is 0.486. The molecule has 1 atom stereocenters. The van der Waals surface area contributed by atoms with E-state index in [0.29, 0.717) is 34.8 Å². The topological polar surface area (TPSA) is 70.1 Å². The number of hydrogen-bond donors (Lipinski definition) is 1. The Balaban J connectivity index is 2.02. The van der Waals surface area contributed by atoms with E-state index in [4.69, 9.17) is 17.3 Å². The van der Waals surface area contributed by atoms with Crippen molar-refractivity contribution < 1.29 is 4.79 Å². The highest BCUT2D eigenvalue weighted by Gasteiger charge is 2.45. The van der Waals surface area contributed by atoms with Crippen LogP contribution in [0.3, 0.4) is 0 Å². The van der Waals surface area contributed by atoms with Crippen LogP contribution in [-0.2, 0) is 4.79 Å². The minimum Gasteiger partial charge on any atom is -0.384 e. The first-order valence-corrected chi connectivity index (χ1v) is 12.9. The van der Waals surface area contributed by atoms with Crippen LogP contribution in [0.15, 0.2) is 57.2 Å². The molecule has 0 bridgehead atoms. The number of nitrogens with zero attached hydrogens (tertiary/aromatic N) is 2. The molecule has 1 aromatic carbocycles. The molecule has 0 saturated heterocycles. The van der Waals surface area contributed by atoms with E-state index in [1.54, 1.807) is 23.1 Å². The van der Waals surface area contributed by atoms with Gasteiger partial charge in [-0.2, -0.15) is 5.26 Å². The van der Waals surface area contributed by atoms with Crippen molar-refractivity contribution in [3.63, 3.8) is 0 Å². The molecule has 4 nitrogen and oxygen atoms in total. The minimum absolute atomic E-state index is 0.0898. The number of anilines is 1. The van der Waals surface area contributed by atoms with E-state index in [1.807, 2.05) is 35.4 Å². The van der Waals surface area contributed by atoms with Crippen molar-refractivity contribution in [2.24, 2.45) is 11.1 Å². The fourth-order valence-corrected chi connectivity index (χ4v) is 6.90. The number of nitrogens with two attached hydrogens (primary N) is 1. The summed E-state index contributed by atoms with van der Waals surface area (Å²) in [7, 11) is 0. The largest absolute Gasteiger partial charge is 0.384 e. The van der Waals surface area contributed by atoms with E-state index < -0.39 is 5.92 Å². The molecular formula is C25H26ClN3OS2. The molecule has 166 valence electrons. The monoisotopic (exact) mass is 483 g/mol. The summed E-state index contributed by atoms with van der Waals surface area (Å²) in [6, 6.07) is 10.1. The number of allylic oxidation sites excluding steroid dienone is 3. The molecule has 1 aromatic heterocycles. The first-order valence-electron chi connectivity index (χ1n) is 10.6. The molecule has 0 unspecified atom stereocenters. The van der Waals surface area contributed by atoms with Gasteiger partial charge in [0.05, 0.1) is 23.2 Å². The molecule has 2 aliphatic rings. The fourth-order valence-electron chi connectivity index (χ4n) is 4.68. The highest BCUT2D eigenvalue weighted by molar-refractivity contribution is 7.99. The molecule has 0 saturated carbocycles. The first-order chi connectivity index (χ1) is 15.2. The number of thioether (sulfide) groups is 1. The van der Waals surface area contributed by atoms with Gasteiger partial charge in [-0.1, -0.05) is 38.4 Å². The van der Waals surface area contributed by atoms with Gasteiger partial charge in [-0.25, -0.2) is 0 Å². The van der Waals surface area contributed by atoms with Crippen LogP contribution >= 0.6 is 34.7 Å². The Bertz CT molecular complexity index is 1200. The highest BCUT2D eigenvalue weighted by atomic mass is 35.5. The normalized spacial score (nSPS) is 20.4. The van der Waals surface area contributed by atoms with E-state index in [2.05, 4.69) is 32.9 Å². The number of nitriles is 1. The molecule has 0 spiro atoms. The van der Waals surface area contributed by atoms with Crippen LogP contribution in [0.25, 0.3) is 0 Å². The van der Waals surface area contributed by atoms with Crippen molar-refractivity contribution in [1.29, 1.82) is 5.26 Å². The van der Waals surface area contributed by atoms with Crippen molar-refractivity contribution in [2.75, 3.05) is 10.7 Å². The molecule has 2 heterocycles. The van der Waals surface area contributed by atoms with Gasteiger partial charge in [0.1, 0.15) is 5.82 Å². The van der Waals surface area contributed by atoms with Crippen LogP contribution < -0.4 is 10.6 Å². The van der Waals surface area contributed by atoms with Gasteiger partial charge >= 0.3 is 0 Å². The van der Waals surface area contributed by atoms with Gasteiger partial charge in [-0.15, -0.1) is 23.1 Å². The maximum absolute atomic E-state index is 13.6. The standard InChI is InChI=1S/C25H26ClN3OS2/c1-5-31-20-9-10-32-23(20)21-15(13-27)24(28)29(17-8-6-7-16(26)14(17)2)18-11-25(3,4)12-19(30)22(18)21/h6-10,21H,5,11-12,28H2,1-4H3/t21-/m0/s1. The Labute approximate surface area is 202 Å². The van der Waals surface area contributed by atoms with Crippen molar-refractivity contribution in [3.05, 3.63) is 67.8 Å².